The summed E-state index contributed by atoms with van der Waals surface area (Å²) in [5.41, 5.74) is 5.58. The Labute approximate surface area is 80.9 Å². The van der Waals surface area contributed by atoms with Crippen molar-refractivity contribution in [1.29, 1.82) is 0 Å². The van der Waals surface area contributed by atoms with E-state index >= 15 is 0 Å². The van der Waals surface area contributed by atoms with Gasteiger partial charge in [0.2, 0.25) is 0 Å². The van der Waals surface area contributed by atoms with Crippen LogP contribution in [0.4, 0.5) is 0 Å². The lowest BCUT2D eigenvalue weighted by Gasteiger charge is -2.06. The molecule has 0 heterocycles. The molecule has 2 heteroatoms. The molecule has 2 nitrogen and oxygen atoms in total. The molecule has 13 heavy (non-hydrogen) atoms. The van der Waals surface area contributed by atoms with E-state index < -0.39 is 0 Å². The lowest BCUT2D eigenvalue weighted by atomic mass is 10.0. The third-order valence-electron chi connectivity index (χ3n) is 2.11. The standard InChI is InChI=1S/C11H19NO/c1-3-4-5-6-7-8-9-11(12)10(2)13/h1,11H,4-9,12H2,2H3. The summed E-state index contributed by atoms with van der Waals surface area (Å²) < 4.78 is 0. The fourth-order valence-electron chi connectivity index (χ4n) is 1.15. The van der Waals surface area contributed by atoms with Crippen LogP contribution in [0.3, 0.4) is 0 Å². The van der Waals surface area contributed by atoms with Crippen LogP contribution in [0.2, 0.25) is 0 Å². The largest absolute Gasteiger partial charge is 0.322 e. The van der Waals surface area contributed by atoms with Gasteiger partial charge in [0.25, 0.3) is 0 Å². The van der Waals surface area contributed by atoms with Crippen LogP contribution in [0.1, 0.15) is 45.4 Å². The van der Waals surface area contributed by atoms with Gasteiger partial charge in [0.15, 0.2) is 0 Å². The predicted octanol–water partition coefficient (Wildman–Crippen LogP) is 1.88. The highest BCUT2D eigenvalue weighted by Gasteiger charge is 2.06. The highest BCUT2D eigenvalue weighted by molar-refractivity contribution is 5.80. The van der Waals surface area contributed by atoms with Crippen LogP contribution in [0.25, 0.3) is 0 Å². The Hall–Kier alpha value is -0.810. The van der Waals surface area contributed by atoms with E-state index in [1.807, 2.05) is 0 Å². The van der Waals surface area contributed by atoms with Crippen molar-refractivity contribution in [3.8, 4) is 12.3 Å². The zero-order valence-electron chi connectivity index (χ0n) is 8.38. The van der Waals surface area contributed by atoms with Crippen LogP contribution < -0.4 is 5.73 Å². The lowest BCUT2D eigenvalue weighted by Crippen LogP contribution is -2.27. The van der Waals surface area contributed by atoms with Gasteiger partial charge in [-0.3, -0.25) is 4.79 Å². The summed E-state index contributed by atoms with van der Waals surface area (Å²) in [7, 11) is 0. The Kier molecular flexibility index (Phi) is 7.33. The molecule has 1 atom stereocenters. The van der Waals surface area contributed by atoms with E-state index in [1.165, 1.54) is 0 Å². The smallest absolute Gasteiger partial charge is 0.146 e. The van der Waals surface area contributed by atoms with Gasteiger partial charge >= 0.3 is 0 Å². The number of terminal acetylenes is 1. The molecule has 0 aromatic carbocycles. The number of unbranched alkanes of at least 4 members (excludes halogenated alkanes) is 4. The first-order valence-corrected chi connectivity index (χ1v) is 4.88. The maximum Gasteiger partial charge on any atom is 0.146 e. The molecule has 0 aromatic rings. The van der Waals surface area contributed by atoms with Crippen molar-refractivity contribution in [3.63, 3.8) is 0 Å². The van der Waals surface area contributed by atoms with E-state index in [2.05, 4.69) is 5.92 Å². The van der Waals surface area contributed by atoms with Crippen molar-refractivity contribution in [2.24, 2.45) is 5.73 Å². The zero-order chi connectivity index (χ0) is 10.1. The second kappa shape index (κ2) is 7.82. The Morgan fingerprint density at radius 3 is 2.54 bits per heavy atom. The van der Waals surface area contributed by atoms with E-state index in [9.17, 15) is 4.79 Å². The molecule has 0 saturated carbocycles. The van der Waals surface area contributed by atoms with Gasteiger partial charge in [0, 0.05) is 6.42 Å². The second-order valence-electron chi connectivity index (χ2n) is 3.37. The lowest BCUT2D eigenvalue weighted by molar-refractivity contribution is -0.118. The summed E-state index contributed by atoms with van der Waals surface area (Å²) in [4.78, 5) is 10.8. The topological polar surface area (TPSA) is 43.1 Å². The monoisotopic (exact) mass is 181 g/mol. The van der Waals surface area contributed by atoms with Crippen LogP contribution >= 0.6 is 0 Å². The Morgan fingerprint density at radius 1 is 1.38 bits per heavy atom. The van der Waals surface area contributed by atoms with Crippen molar-refractivity contribution >= 4 is 5.78 Å². The highest BCUT2D eigenvalue weighted by atomic mass is 16.1. The van der Waals surface area contributed by atoms with Crippen LogP contribution in [-0.4, -0.2) is 11.8 Å². The molecule has 0 aliphatic heterocycles. The van der Waals surface area contributed by atoms with Gasteiger partial charge < -0.3 is 5.73 Å². The first kappa shape index (κ1) is 12.2. The normalized spacial score (nSPS) is 12.1. The fraction of sp³-hybridized carbons (Fsp3) is 0.727. The summed E-state index contributed by atoms with van der Waals surface area (Å²) in [6.07, 6.45) is 11.2. The number of Topliss-reactive ketones (excluding diaryl/α,β-unsaturated/α-hetero) is 1. The first-order chi connectivity index (χ1) is 6.18. The van der Waals surface area contributed by atoms with Gasteiger partial charge in [-0.2, -0.15) is 0 Å². The quantitative estimate of drug-likeness (QED) is 0.481. The maximum absolute atomic E-state index is 10.8. The van der Waals surface area contributed by atoms with Gasteiger partial charge in [0.1, 0.15) is 5.78 Å². The molecule has 0 saturated heterocycles. The highest BCUT2D eigenvalue weighted by Crippen LogP contribution is 2.06. The molecule has 0 aliphatic carbocycles. The molecule has 0 radical (unpaired) electrons. The Balaban J connectivity index is 3.17. The number of ketones is 1. The van der Waals surface area contributed by atoms with Crippen LogP contribution in [0.15, 0.2) is 0 Å². The molecule has 0 amide bonds. The number of hydrogen-bond acceptors (Lipinski definition) is 2. The van der Waals surface area contributed by atoms with E-state index in [0.29, 0.717) is 0 Å². The molecule has 0 bridgehead atoms. The molecule has 0 fully saturated rings. The minimum absolute atomic E-state index is 0.0867. The third-order valence-corrected chi connectivity index (χ3v) is 2.11. The van der Waals surface area contributed by atoms with Gasteiger partial charge in [-0.25, -0.2) is 0 Å². The molecule has 1 unspecified atom stereocenters. The minimum Gasteiger partial charge on any atom is -0.322 e. The molecular weight excluding hydrogens is 162 g/mol. The second-order valence-corrected chi connectivity index (χ2v) is 3.37. The van der Waals surface area contributed by atoms with E-state index in [1.54, 1.807) is 6.92 Å². The first-order valence-electron chi connectivity index (χ1n) is 4.88. The molecule has 0 rings (SSSR count). The van der Waals surface area contributed by atoms with Crippen molar-refractivity contribution in [2.45, 2.75) is 51.5 Å². The molecule has 0 spiro atoms. The average Bonchev–Trinajstić information content (AvgIpc) is 2.10. The van der Waals surface area contributed by atoms with Gasteiger partial charge in [-0.15, -0.1) is 12.3 Å². The fourth-order valence-corrected chi connectivity index (χ4v) is 1.15. The number of nitrogens with two attached hydrogens (primary N) is 1. The van der Waals surface area contributed by atoms with E-state index in [4.69, 9.17) is 12.2 Å². The molecule has 2 N–H and O–H groups in total. The van der Waals surface area contributed by atoms with Crippen molar-refractivity contribution in [2.75, 3.05) is 0 Å². The average molecular weight is 181 g/mol. The van der Waals surface area contributed by atoms with Crippen molar-refractivity contribution in [1.82, 2.24) is 0 Å². The van der Waals surface area contributed by atoms with Crippen molar-refractivity contribution < 1.29 is 4.79 Å². The summed E-state index contributed by atoms with van der Waals surface area (Å²) in [5, 5.41) is 0. The SMILES string of the molecule is C#CCCCCCCC(N)C(C)=O. The zero-order valence-corrected chi connectivity index (χ0v) is 8.38. The summed E-state index contributed by atoms with van der Waals surface area (Å²) in [5.74, 6) is 2.69. The number of hydrogen-bond donors (Lipinski definition) is 1. The van der Waals surface area contributed by atoms with E-state index in [0.717, 1.165) is 38.5 Å². The van der Waals surface area contributed by atoms with Gasteiger partial charge in [-0.1, -0.05) is 19.3 Å². The maximum atomic E-state index is 10.8. The molecule has 0 aliphatic rings. The predicted molar refractivity (Wildman–Crippen MR) is 55.2 cm³/mol. The van der Waals surface area contributed by atoms with Gasteiger partial charge in [0.05, 0.1) is 6.04 Å². The van der Waals surface area contributed by atoms with Crippen LogP contribution in [0, 0.1) is 12.3 Å². The molecule has 74 valence electrons. The number of carbonyl (C=O) groups excluding carboxylic acids is 1. The van der Waals surface area contributed by atoms with Crippen LogP contribution in [-0.2, 0) is 4.79 Å². The summed E-state index contributed by atoms with van der Waals surface area (Å²) >= 11 is 0. The molecular formula is C11H19NO. The van der Waals surface area contributed by atoms with Crippen molar-refractivity contribution in [3.05, 3.63) is 0 Å². The van der Waals surface area contributed by atoms with Crippen LogP contribution in [0.5, 0.6) is 0 Å². The van der Waals surface area contributed by atoms with E-state index in [-0.39, 0.29) is 11.8 Å². The summed E-state index contributed by atoms with van der Waals surface area (Å²) in [6.45, 7) is 1.54. The molecule has 0 aromatic heterocycles. The number of rotatable bonds is 7. The Morgan fingerprint density at radius 2 is 2.00 bits per heavy atom. The minimum atomic E-state index is -0.257. The Bertz CT molecular complexity index is 181. The third kappa shape index (κ3) is 7.55. The number of carbonyl (C=O) groups is 1. The van der Waals surface area contributed by atoms with Gasteiger partial charge in [-0.05, 0) is 19.8 Å². The summed E-state index contributed by atoms with van der Waals surface area (Å²) in [6, 6.07) is -0.257.